The predicted molar refractivity (Wildman–Crippen MR) is 81.0 cm³/mol. The van der Waals surface area contributed by atoms with Gasteiger partial charge in [0.25, 0.3) is 0 Å². The van der Waals surface area contributed by atoms with Crippen LogP contribution < -0.4 is 5.32 Å². The molecule has 1 saturated carbocycles. The van der Waals surface area contributed by atoms with Crippen molar-refractivity contribution >= 4 is 23.5 Å². The van der Waals surface area contributed by atoms with Crippen LogP contribution in [0.25, 0.3) is 0 Å². The molecule has 0 spiro atoms. The van der Waals surface area contributed by atoms with E-state index < -0.39 is 5.41 Å². The Bertz CT molecular complexity index is 538. The lowest BCUT2D eigenvalue weighted by atomic mass is 9.84. The van der Waals surface area contributed by atoms with Gasteiger partial charge < -0.3 is 5.32 Å². The number of carbonyl (C=O) groups excluding carboxylic acids is 1. The van der Waals surface area contributed by atoms with E-state index in [-0.39, 0.29) is 5.91 Å². The number of amides is 1. The summed E-state index contributed by atoms with van der Waals surface area (Å²) in [5.41, 5.74) is 0.773. The summed E-state index contributed by atoms with van der Waals surface area (Å²) in [5, 5.41) is 4.71. The molecule has 0 radical (unpaired) electrons. The molecule has 0 aromatic carbocycles. The van der Waals surface area contributed by atoms with E-state index >= 15 is 0 Å². The maximum absolute atomic E-state index is 12.2. The first-order chi connectivity index (χ1) is 9.47. The fourth-order valence-electron chi connectivity index (χ4n) is 2.91. The van der Waals surface area contributed by atoms with Crippen LogP contribution in [0.4, 0.5) is 5.82 Å². The molecule has 2 atom stereocenters. The van der Waals surface area contributed by atoms with Gasteiger partial charge >= 0.3 is 0 Å². The molecule has 1 fully saturated rings. The van der Waals surface area contributed by atoms with Crippen molar-refractivity contribution in [2.24, 2.45) is 5.41 Å². The van der Waals surface area contributed by atoms with Gasteiger partial charge in [0.05, 0.1) is 0 Å². The third kappa shape index (κ3) is 2.43. The van der Waals surface area contributed by atoms with Gasteiger partial charge in [0, 0.05) is 22.1 Å². The Balaban J connectivity index is 1.91. The van der Waals surface area contributed by atoms with Crippen LogP contribution in [0.5, 0.6) is 0 Å². The largest absolute Gasteiger partial charge is 0.310 e. The normalized spacial score (nSPS) is 24.9. The second-order valence-electron chi connectivity index (χ2n) is 6.69. The summed E-state index contributed by atoms with van der Waals surface area (Å²) in [6, 6.07) is 0. The fraction of sp³-hybridized carbons (Fsp3) is 0.667. The Kier molecular flexibility index (Phi) is 3.48. The molecule has 1 aliphatic carbocycles. The van der Waals surface area contributed by atoms with Crippen LogP contribution >= 0.6 is 11.8 Å². The average Bonchev–Trinajstić information content (AvgIpc) is 2.76. The summed E-state index contributed by atoms with van der Waals surface area (Å²) in [5.74, 6) is 1.26. The molecule has 108 valence electrons. The van der Waals surface area contributed by atoms with E-state index in [0.717, 1.165) is 10.8 Å². The minimum absolute atomic E-state index is 0.0164. The SMILES string of the molecule is CC(C)(C)C(=O)Nc1ncnc2c1C1CCCCC1S2. The van der Waals surface area contributed by atoms with E-state index in [4.69, 9.17) is 0 Å². The van der Waals surface area contributed by atoms with Crippen molar-refractivity contribution in [2.45, 2.75) is 62.6 Å². The summed E-state index contributed by atoms with van der Waals surface area (Å²) in [6.07, 6.45) is 6.58. The zero-order valence-corrected chi connectivity index (χ0v) is 13.1. The second-order valence-corrected chi connectivity index (χ2v) is 7.92. The molecule has 1 N–H and O–H groups in total. The minimum atomic E-state index is -0.407. The third-order valence-corrected chi connectivity index (χ3v) is 5.51. The first-order valence-electron chi connectivity index (χ1n) is 7.30. The van der Waals surface area contributed by atoms with E-state index in [1.165, 1.54) is 31.2 Å². The van der Waals surface area contributed by atoms with Gasteiger partial charge in [-0.1, -0.05) is 33.6 Å². The van der Waals surface area contributed by atoms with Gasteiger partial charge in [-0.25, -0.2) is 9.97 Å². The van der Waals surface area contributed by atoms with E-state index in [2.05, 4.69) is 15.3 Å². The molecular formula is C15H21N3OS. The van der Waals surface area contributed by atoms with Gasteiger partial charge in [0.1, 0.15) is 17.2 Å². The molecule has 1 aromatic heterocycles. The van der Waals surface area contributed by atoms with Crippen molar-refractivity contribution in [1.82, 2.24) is 9.97 Å². The van der Waals surface area contributed by atoms with Gasteiger partial charge in [-0.2, -0.15) is 0 Å². The number of thioether (sulfide) groups is 1. The lowest BCUT2D eigenvalue weighted by Gasteiger charge is -2.25. The number of carbonyl (C=O) groups is 1. The standard InChI is InChI=1S/C15H21N3OS/c1-15(2,3)14(19)18-12-11-9-6-4-5-7-10(9)20-13(11)17-8-16-12/h8-10H,4-7H2,1-3H3,(H,16,17,18,19). The second kappa shape index (κ2) is 5.02. The van der Waals surface area contributed by atoms with Gasteiger partial charge in [-0.15, -0.1) is 11.8 Å². The summed E-state index contributed by atoms with van der Waals surface area (Å²) < 4.78 is 0. The molecular weight excluding hydrogens is 270 g/mol. The Morgan fingerprint density at radius 3 is 2.80 bits per heavy atom. The maximum Gasteiger partial charge on any atom is 0.230 e. The monoisotopic (exact) mass is 291 g/mol. The summed E-state index contributed by atoms with van der Waals surface area (Å²) >= 11 is 1.87. The summed E-state index contributed by atoms with van der Waals surface area (Å²) in [6.45, 7) is 5.76. The van der Waals surface area contributed by atoms with Crippen molar-refractivity contribution in [3.63, 3.8) is 0 Å². The number of anilines is 1. The van der Waals surface area contributed by atoms with Crippen molar-refractivity contribution < 1.29 is 4.79 Å². The molecule has 20 heavy (non-hydrogen) atoms. The van der Waals surface area contributed by atoms with Crippen LogP contribution in [0.15, 0.2) is 11.4 Å². The van der Waals surface area contributed by atoms with Crippen molar-refractivity contribution in [3.8, 4) is 0 Å². The molecule has 4 nitrogen and oxygen atoms in total. The highest BCUT2D eigenvalue weighted by molar-refractivity contribution is 8.00. The van der Waals surface area contributed by atoms with Crippen LogP contribution in [-0.2, 0) is 4.79 Å². The molecule has 0 saturated heterocycles. The van der Waals surface area contributed by atoms with Crippen molar-refractivity contribution in [1.29, 1.82) is 0 Å². The van der Waals surface area contributed by atoms with Gasteiger partial charge in [0.15, 0.2) is 0 Å². The molecule has 1 aliphatic heterocycles. The highest BCUT2D eigenvalue weighted by Crippen LogP contribution is 2.52. The van der Waals surface area contributed by atoms with Crippen molar-refractivity contribution in [2.75, 3.05) is 5.32 Å². The molecule has 5 heteroatoms. The van der Waals surface area contributed by atoms with E-state index in [0.29, 0.717) is 11.2 Å². The predicted octanol–water partition coefficient (Wildman–Crippen LogP) is 3.59. The van der Waals surface area contributed by atoms with Gasteiger partial charge in [-0.05, 0) is 12.8 Å². The lowest BCUT2D eigenvalue weighted by molar-refractivity contribution is -0.123. The Hall–Kier alpha value is -1.10. The molecule has 2 aliphatic rings. The number of hydrogen-bond donors (Lipinski definition) is 1. The van der Waals surface area contributed by atoms with Crippen LogP contribution in [0, 0.1) is 5.41 Å². The lowest BCUT2D eigenvalue weighted by Crippen LogP contribution is -2.29. The number of hydrogen-bond acceptors (Lipinski definition) is 4. The average molecular weight is 291 g/mol. The van der Waals surface area contributed by atoms with Crippen LogP contribution in [0.1, 0.15) is 57.9 Å². The van der Waals surface area contributed by atoms with Crippen LogP contribution in [0.2, 0.25) is 0 Å². The first-order valence-corrected chi connectivity index (χ1v) is 8.18. The fourth-order valence-corrected chi connectivity index (χ4v) is 4.40. The first kappa shape index (κ1) is 13.9. The third-order valence-electron chi connectivity index (χ3n) is 4.10. The molecule has 3 rings (SSSR count). The Morgan fingerprint density at radius 1 is 1.30 bits per heavy atom. The zero-order valence-electron chi connectivity index (χ0n) is 12.3. The van der Waals surface area contributed by atoms with Gasteiger partial charge in [0.2, 0.25) is 5.91 Å². The van der Waals surface area contributed by atoms with Crippen molar-refractivity contribution in [3.05, 3.63) is 11.9 Å². The maximum atomic E-state index is 12.2. The molecule has 1 amide bonds. The van der Waals surface area contributed by atoms with Crippen LogP contribution in [-0.4, -0.2) is 21.1 Å². The topological polar surface area (TPSA) is 54.9 Å². The van der Waals surface area contributed by atoms with E-state index in [1.807, 2.05) is 32.5 Å². The zero-order chi connectivity index (χ0) is 14.3. The quantitative estimate of drug-likeness (QED) is 0.803. The molecule has 1 aromatic rings. The van der Waals surface area contributed by atoms with Gasteiger partial charge in [-0.3, -0.25) is 4.79 Å². The number of nitrogens with one attached hydrogen (secondary N) is 1. The highest BCUT2D eigenvalue weighted by Gasteiger charge is 2.39. The number of nitrogens with zero attached hydrogens (tertiary/aromatic N) is 2. The van der Waals surface area contributed by atoms with E-state index in [9.17, 15) is 4.79 Å². The minimum Gasteiger partial charge on any atom is -0.310 e. The summed E-state index contributed by atoms with van der Waals surface area (Å²) in [4.78, 5) is 21.0. The highest BCUT2D eigenvalue weighted by atomic mass is 32.2. The Morgan fingerprint density at radius 2 is 2.05 bits per heavy atom. The number of rotatable bonds is 1. The molecule has 2 unspecified atom stereocenters. The van der Waals surface area contributed by atoms with Crippen LogP contribution in [0.3, 0.4) is 0 Å². The number of fused-ring (bicyclic) bond motifs is 3. The Labute approximate surface area is 124 Å². The summed E-state index contributed by atoms with van der Waals surface area (Å²) in [7, 11) is 0. The van der Waals surface area contributed by atoms with E-state index in [1.54, 1.807) is 6.33 Å². The number of aromatic nitrogens is 2. The molecule has 2 heterocycles. The molecule has 0 bridgehead atoms. The smallest absolute Gasteiger partial charge is 0.230 e.